The Balaban J connectivity index is 2.70. The van der Waals surface area contributed by atoms with E-state index in [1.54, 1.807) is 14.1 Å². The van der Waals surface area contributed by atoms with Crippen LogP contribution >= 0.6 is 0 Å². The van der Waals surface area contributed by atoms with Crippen LogP contribution in [0.1, 0.15) is 11.1 Å². The summed E-state index contributed by atoms with van der Waals surface area (Å²) in [5.41, 5.74) is 2.29. The summed E-state index contributed by atoms with van der Waals surface area (Å²) in [7, 11) is 3.19. The standard InChI is InChI=1S/C14H16N2O3/c1-8-5-6-9(2)13-12(8)10(7-11(17)15-13)19-14(18)16(3)4/h5-7H,1-4H3,(H,15,17). The number of nitrogens with zero attached hydrogens (tertiary/aromatic N) is 1. The summed E-state index contributed by atoms with van der Waals surface area (Å²) in [5, 5.41) is 0.759. The number of carbonyl (C=O) groups is 1. The van der Waals surface area contributed by atoms with Gasteiger partial charge in [-0.05, 0) is 25.0 Å². The van der Waals surface area contributed by atoms with E-state index >= 15 is 0 Å². The molecule has 1 aromatic heterocycles. The Morgan fingerprint density at radius 1 is 1.21 bits per heavy atom. The van der Waals surface area contributed by atoms with E-state index in [0.717, 1.165) is 16.5 Å². The van der Waals surface area contributed by atoms with Crippen LogP contribution in [0.4, 0.5) is 4.79 Å². The van der Waals surface area contributed by atoms with Crippen molar-refractivity contribution in [2.24, 2.45) is 0 Å². The highest BCUT2D eigenvalue weighted by atomic mass is 16.6. The largest absolute Gasteiger partial charge is 0.414 e. The smallest absolute Gasteiger partial charge is 0.409 e. The maximum atomic E-state index is 11.7. The molecule has 0 aliphatic carbocycles. The SMILES string of the molecule is Cc1ccc(C)c2c(OC(=O)N(C)C)cc(=O)[nH]c12. The highest BCUT2D eigenvalue weighted by molar-refractivity contribution is 5.91. The molecule has 0 atom stereocenters. The first kappa shape index (κ1) is 13.1. The van der Waals surface area contributed by atoms with E-state index < -0.39 is 6.09 Å². The molecule has 1 amide bonds. The predicted molar refractivity (Wildman–Crippen MR) is 73.8 cm³/mol. The molecule has 5 nitrogen and oxygen atoms in total. The molecule has 2 rings (SSSR count). The molecule has 0 spiro atoms. The molecular weight excluding hydrogens is 244 g/mol. The van der Waals surface area contributed by atoms with Gasteiger partial charge < -0.3 is 14.6 Å². The Morgan fingerprint density at radius 3 is 2.47 bits per heavy atom. The third kappa shape index (κ3) is 2.45. The van der Waals surface area contributed by atoms with Crippen molar-refractivity contribution in [3.8, 4) is 5.75 Å². The Kier molecular flexibility index (Phi) is 3.29. The molecule has 2 aromatic rings. The number of amides is 1. The molecule has 0 radical (unpaired) electrons. The van der Waals surface area contributed by atoms with Gasteiger partial charge in [-0.1, -0.05) is 12.1 Å². The van der Waals surface area contributed by atoms with Gasteiger partial charge in [0.1, 0.15) is 5.75 Å². The van der Waals surface area contributed by atoms with Crippen LogP contribution in [0.2, 0.25) is 0 Å². The number of carbonyl (C=O) groups excluding carboxylic acids is 1. The van der Waals surface area contributed by atoms with E-state index in [2.05, 4.69) is 4.98 Å². The lowest BCUT2D eigenvalue weighted by atomic mass is 10.1. The minimum Gasteiger partial charge on any atom is -0.409 e. The number of benzene rings is 1. The fourth-order valence-corrected chi connectivity index (χ4v) is 1.91. The third-order valence-corrected chi connectivity index (χ3v) is 2.94. The van der Waals surface area contributed by atoms with Gasteiger partial charge in [-0.25, -0.2) is 4.79 Å². The van der Waals surface area contributed by atoms with Gasteiger partial charge in [0.25, 0.3) is 5.56 Å². The van der Waals surface area contributed by atoms with Gasteiger partial charge >= 0.3 is 6.09 Å². The Morgan fingerprint density at radius 2 is 1.84 bits per heavy atom. The zero-order valence-electron chi connectivity index (χ0n) is 11.4. The van der Waals surface area contributed by atoms with Crippen LogP contribution in [0.5, 0.6) is 5.75 Å². The quantitative estimate of drug-likeness (QED) is 0.855. The molecule has 0 unspecified atom stereocenters. The molecule has 1 N–H and O–H groups in total. The number of rotatable bonds is 1. The van der Waals surface area contributed by atoms with Crippen molar-refractivity contribution in [1.82, 2.24) is 9.88 Å². The molecule has 0 saturated heterocycles. The van der Waals surface area contributed by atoms with Gasteiger partial charge in [0, 0.05) is 25.5 Å². The van der Waals surface area contributed by atoms with Gasteiger partial charge in [0.2, 0.25) is 0 Å². The van der Waals surface area contributed by atoms with Gasteiger partial charge in [-0.15, -0.1) is 0 Å². The summed E-state index contributed by atoms with van der Waals surface area (Å²) in [5.74, 6) is 0.290. The van der Waals surface area contributed by atoms with Crippen LogP contribution in [0, 0.1) is 13.8 Å². The number of aromatic amines is 1. The first-order chi connectivity index (χ1) is 8.90. The lowest BCUT2D eigenvalue weighted by Gasteiger charge is -2.14. The number of hydrogen-bond acceptors (Lipinski definition) is 3. The lowest BCUT2D eigenvalue weighted by Crippen LogP contribution is -2.26. The first-order valence-electron chi connectivity index (χ1n) is 5.92. The second kappa shape index (κ2) is 4.76. The average molecular weight is 260 g/mol. The number of ether oxygens (including phenoxy) is 1. The van der Waals surface area contributed by atoms with E-state index in [1.807, 2.05) is 26.0 Å². The van der Waals surface area contributed by atoms with E-state index in [4.69, 9.17) is 4.74 Å². The van der Waals surface area contributed by atoms with Gasteiger partial charge in [-0.2, -0.15) is 0 Å². The summed E-state index contributed by atoms with van der Waals surface area (Å²) >= 11 is 0. The Bertz CT molecular complexity index is 702. The third-order valence-electron chi connectivity index (χ3n) is 2.94. The normalized spacial score (nSPS) is 10.5. The molecule has 0 aliphatic rings. The molecule has 100 valence electrons. The second-order valence-corrected chi connectivity index (χ2v) is 4.71. The number of aromatic nitrogens is 1. The zero-order chi connectivity index (χ0) is 14.2. The van der Waals surface area contributed by atoms with E-state index in [0.29, 0.717) is 11.3 Å². The van der Waals surface area contributed by atoms with Crippen molar-refractivity contribution < 1.29 is 9.53 Å². The van der Waals surface area contributed by atoms with Crippen LogP contribution in [0.3, 0.4) is 0 Å². The van der Waals surface area contributed by atoms with Crippen LogP contribution < -0.4 is 10.3 Å². The number of H-pyrrole nitrogens is 1. The molecule has 1 heterocycles. The number of fused-ring (bicyclic) bond motifs is 1. The molecule has 19 heavy (non-hydrogen) atoms. The highest BCUT2D eigenvalue weighted by Crippen LogP contribution is 2.28. The molecule has 0 saturated carbocycles. The Labute approximate surface area is 110 Å². The second-order valence-electron chi connectivity index (χ2n) is 4.71. The maximum absolute atomic E-state index is 11.7. The van der Waals surface area contributed by atoms with Crippen molar-refractivity contribution in [2.75, 3.05) is 14.1 Å². The highest BCUT2D eigenvalue weighted by Gasteiger charge is 2.14. The minimum absolute atomic E-state index is 0.289. The number of aryl methyl sites for hydroxylation is 2. The minimum atomic E-state index is -0.507. The molecule has 0 fully saturated rings. The molecule has 5 heteroatoms. The van der Waals surface area contributed by atoms with Crippen LogP contribution in [0.25, 0.3) is 10.9 Å². The first-order valence-corrected chi connectivity index (χ1v) is 5.92. The lowest BCUT2D eigenvalue weighted by molar-refractivity contribution is 0.172. The monoisotopic (exact) mass is 260 g/mol. The topological polar surface area (TPSA) is 62.4 Å². The van der Waals surface area contributed by atoms with Gasteiger partial charge in [0.15, 0.2) is 0 Å². The van der Waals surface area contributed by atoms with Crippen LogP contribution in [-0.4, -0.2) is 30.1 Å². The number of nitrogens with one attached hydrogen (secondary N) is 1. The van der Waals surface area contributed by atoms with Crippen LogP contribution in [-0.2, 0) is 0 Å². The van der Waals surface area contributed by atoms with Crippen LogP contribution in [0.15, 0.2) is 23.0 Å². The number of hydrogen-bond donors (Lipinski definition) is 1. The summed E-state index contributed by atoms with van der Waals surface area (Å²) in [6.45, 7) is 3.81. The van der Waals surface area contributed by atoms with E-state index in [1.165, 1.54) is 11.0 Å². The van der Waals surface area contributed by atoms with E-state index in [9.17, 15) is 9.59 Å². The van der Waals surface area contributed by atoms with Crippen molar-refractivity contribution in [3.63, 3.8) is 0 Å². The molecule has 0 bridgehead atoms. The average Bonchev–Trinajstić information content (AvgIpc) is 2.33. The van der Waals surface area contributed by atoms with Crippen molar-refractivity contribution in [2.45, 2.75) is 13.8 Å². The van der Waals surface area contributed by atoms with E-state index in [-0.39, 0.29) is 5.56 Å². The van der Waals surface area contributed by atoms with Gasteiger partial charge in [0.05, 0.1) is 5.52 Å². The maximum Gasteiger partial charge on any atom is 0.414 e. The van der Waals surface area contributed by atoms with Gasteiger partial charge in [-0.3, -0.25) is 4.79 Å². The molecule has 0 aliphatic heterocycles. The van der Waals surface area contributed by atoms with Crippen molar-refractivity contribution >= 4 is 17.0 Å². The molecular formula is C14H16N2O3. The Hall–Kier alpha value is -2.30. The summed E-state index contributed by atoms with van der Waals surface area (Å²) < 4.78 is 5.27. The fourth-order valence-electron chi connectivity index (χ4n) is 1.91. The van der Waals surface area contributed by atoms with Crippen molar-refractivity contribution in [3.05, 3.63) is 39.7 Å². The van der Waals surface area contributed by atoms with Crippen molar-refractivity contribution in [1.29, 1.82) is 0 Å². The summed E-state index contributed by atoms with van der Waals surface area (Å²) in [6.07, 6.45) is -0.507. The predicted octanol–water partition coefficient (Wildman–Crippen LogP) is 2.21. The molecule has 1 aromatic carbocycles. The summed E-state index contributed by atoms with van der Waals surface area (Å²) in [4.78, 5) is 27.4. The zero-order valence-corrected chi connectivity index (χ0v) is 11.4. The number of pyridine rings is 1. The summed E-state index contributed by atoms with van der Waals surface area (Å²) in [6, 6.07) is 5.16. The fraction of sp³-hybridized carbons (Fsp3) is 0.286.